The molecular weight excluding hydrogens is 662 g/mol. The number of ether oxygens (including phenoxy) is 1. The van der Waals surface area contributed by atoms with E-state index in [2.05, 4.69) is 15.8 Å². The predicted octanol–water partition coefficient (Wildman–Crippen LogP) is 3.59. The fourth-order valence-corrected chi connectivity index (χ4v) is 7.57. The standard InChI is InChI=1S/C40H49N5O7/c1-7-51-33-22(2)15-26(16-23(33)3)30-19-40(52-44-30)20-31(37(49)42-29(17-24-13-14-24)32(46)35(41)47)45(21-40)38(50)34(39(4,5)6)43-36(48)28-18-27(28)25-11-9-8-10-12-25/h2,8-12,15-16,24,27-29,31,34H,7,13-14,17-21H2,1,3-6H3,(H2,41,47)(H,42,49)(H,43,48)/t27-,28+,29-,31-,34+,40+/m0/s1. The van der Waals surface area contributed by atoms with Crippen LogP contribution in [-0.4, -0.2) is 76.9 Å². The molecule has 2 aliphatic carbocycles. The first-order chi connectivity index (χ1) is 24.6. The molecule has 2 aromatic rings. The monoisotopic (exact) mass is 711 g/mol. The number of ketones is 1. The number of oxime groups is 1. The molecule has 4 amide bonds. The Hall–Kier alpha value is -4.74. The summed E-state index contributed by atoms with van der Waals surface area (Å²) in [5.41, 5.74) is 7.25. The Morgan fingerprint density at radius 3 is 2.42 bits per heavy atom. The highest BCUT2D eigenvalue weighted by atomic mass is 16.7. The SMILES string of the molecule is [CH]c1cc(C2=NO[C@]3(C2)C[C@@H](C(=O)N[C@@H](CC2CC2)C(=O)C(N)=O)N(C(=O)[C@@H](NC(=O)[C@@H]2C[C@H]2c2ccccc2)C(C)(C)C)C3)cc(C)c1OCC. The van der Waals surface area contributed by atoms with Crippen molar-refractivity contribution < 1.29 is 33.5 Å². The van der Waals surface area contributed by atoms with Crippen molar-refractivity contribution in [3.63, 3.8) is 0 Å². The van der Waals surface area contributed by atoms with Gasteiger partial charge in [0.25, 0.3) is 5.91 Å². The highest BCUT2D eigenvalue weighted by molar-refractivity contribution is 6.37. The van der Waals surface area contributed by atoms with Crippen LogP contribution in [0.25, 0.3) is 0 Å². The maximum absolute atomic E-state index is 14.7. The number of Topliss-reactive ketones (excluding diaryl/α,β-unsaturated/α-hetero) is 1. The summed E-state index contributed by atoms with van der Waals surface area (Å²) in [7, 11) is 0. The van der Waals surface area contributed by atoms with Crippen molar-refractivity contribution in [2.45, 2.75) is 103 Å². The molecule has 4 N–H and O–H groups in total. The van der Waals surface area contributed by atoms with Crippen molar-refractivity contribution in [3.05, 3.63) is 71.6 Å². The number of likely N-dealkylation sites (tertiary alicyclic amines) is 1. The summed E-state index contributed by atoms with van der Waals surface area (Å²) in [4.78, 5) is 74.8. The largest absolute Gasteiger partial charge is 0.493 e. The number of amides is 4. The van der Waals surface area contributed by atoms with Crippen LogP contribution in [0.4, 0.5) is 0 Å². The molecule has 12 heteroatoms. The number of hydrogen-bond donors (Lipinski definition) is 3. The third kappa shape index (κ3) is 7.85. The number of nitrogens with one attached hydrogen (secondary N) is 2. The zero-order chi connectivity index (χ0) is 37.5. The molecule has 12 nitrogen and oxygen atoms in total. The Bertz CT molecular complexity index is 1760. The van der Waals surface area contributed by atoms with Crippen molar-refractivity contribution in [2.24, 2.45) is 28.1 Å². The van der Waals surface area contributed by atoms with E-state index in [1.54, 1.807) is 6.07 Å². The van der Waals surface area contributed by atoms with Crippen LogP contribution in [0.3, 0.4) is 0 Å². The van der Waals surface area contributed by atoms with Gasteiger partial charge in [0.2, 0.25) is 23.5 Å². The van der Waals surface area contributed by atoms with Crippen molar-refractivity contribution >= 4 is 35.1 Å². The number of nitrogens with two attached hydrogens (primary N) is 1. The Kier molecular flexibility index (Phi) is 10.2. The van der Waals surface area contributed by atoms with Crippen molar-refractivity contribution in [1.29, 1.82) is 0 Å². The number of carbonyl (C=O) groups excluding carboxylic acids is 5. The summed E-state index contributed by atoms with van der Waals surface area (Å²) in [5.74, 6) is -2.70. The fraction of sp³-hybridized carbons (Fsp3) is 0.525. The highest BCUT2D eigenvalue weighted by Gasteiger charge is 2.56. The topological polar surface area (TPSA) is 169 Å². The minimum absolute atomic E-state index is 0.00199. The van der Waals surface area contributed by atoms with Gasteiger partial charge in [0.05, 0.1) is 24.9 Å². The van der Waals surface area contributed by atoms with Crippen LogP contribution in [0.5, 0.6) is 5.75 Å². The van der Waals surface area contributed by atoms with E-state index >= 15 is 0 Å². The van der Waals surface area contributed by atoms with E-state index in [4.69, 9.17) is 22.2 Å². The molecule has 1 spiro atoms. The quantitative estimate of drug-likeness (QED) is 0.267. The Morgan fingerprint density at radius 1 is 1.10 bits per heavy atom. The molecular formula is C40H49N5O7. The lowest BCUT2D eigenvalue weighted by Gasteiger charge is -2.35. The van der Waals surface area contributed by atoms with Crippen LogP contribution in [-0.2, 0) is 28.8 Å². The van der Waals surface area contributed by atoms with E-state index in [9.17, 15) is 24.0 Å². The third-order valence-corrected chi connectivity index (χ3v) is 10.6. The normalized spacial score (nSPS) is 24.8. The first kappa shape index (κ1) is 37.0. The second-order valence-electron chi connectivity index (χ2n) is 16.0. The second-order valence-corrected chi connectivity index (χ2v) is 16.0. The summed E-state index contributed by atoms with van der Waals surface area (Å²) in [6.07, 6.45) is 3.07. The molecule has 4 aliphatic rings. The minimum Gasteiger partial charge on any atom is -0.493 e. The number of nitrogens with zero attached hydrogens (tertiary/aromatic N) is 2. The first-order valence-electron chi connectivity index (χ1n) is 18.2. The Labute approximate surface area is 305 Å². The van der Waals surface area contributed by atoms with Crippen LogP contribution in [0, 0.1) is 31.1 Å². The molecule has 276 valence electrons. The molecule has 6 rings (SSSR count). The molecule has 3 fully saturated rings. The van der Waals surface area contributed by atoms with E-state index in [0.717, 1.165) is 29.5 Å². The van der Waals surface area contributed by atoms with Gasteiger partial charge in [0.15, 0.2) is 5.60 Å². The van der Waals surface area contributed by atoms with E-state index in [1.807, 2.05) is 71.0 Å². The molecule has 52 heavy (non-hydrogen) atoms. The van der Waals surface area contributed by atoms with Crippen LogP contribution >= 0.6 is 0 Å². The van der Waals surface area contributed by atoms with Crippen molar-refractivity contribution in [3.8, 4) is 5.75 Å². The molecule has 2 aliphatic heterocycles. The number of primary amides is 1. The minimum atomic E-state index is -1.13. The molecule has 2 saturated carbocycles. The van der Waals surface area contributed by atoms with Gasteiger partial charge >= 0.3 is 0 Å². The van der Waals surface area contributed by atoms with Gasteiger partial charge in [-0.05, 0) is 72.8 Å². The van der Waals surface area contributed by atoms with Gasteiger partial charge in [-0.1, -0.05) is 69.1 Å². The number of benzene rings is 2. The molecule has 2 aromatic carbocycles. The number of rotatable bonds is 13. The van der Waals surface area contributed by atoms with Gasteiger partial charge in [-0.2, -0.15) is 0 Å². The maximum Gasteiger partial charge on any atom is 0.287 e. The van der Waals surface area contributed by atoms with Crippen LogP contribution in [0.1, 0.15) is 94.4 Å². The molecule has 0 unspecified atom stereocenters. The molecule has 2 heterocycles. The lowest BCUT2D eigenvalue weighted by molar-refractivity contribution is -0.145. The third-order valence-electron chi connectivity index (χ3n) is 10.6. The van der Waals surface area contributed by atoms with E-state index < -0.39 is 52.6 Å². The van der Waals surface area contributed by atoms with Gasteiger partial charge in [-0.15, -0.1) is 0 Å². The van der Waals surface area contributed by atoms with E-state index in [0.29, 0.717) is 30.1 Å². The van der Waals surface area contributed by atoms with Gasteiger partial charge in [0, 0.05) is 31.2 Å². The predicted molar refractivity (Wildman–Crippen MR) is 193 cm³/mol. The maximum atomic E-state index is 14.7. The average Bonchev–Trinajstić information content (AvgIpc) is 4.02. The van der Waals surface area contributed by atoms with Crippen LogP contribution < -0.4 is 21.1 Å². The molecule has 2 radical (unpaired) electrons. The summed E-state index contributed by atoms with van der Waals surface area (Å²) in [5, 5.41) is 10.2. The smallest absolute Gasteiger partial charge is 0.287 e. The first-order valence-corrected chi connectivity index (χ1v) is 18.2. The molecule has 0 aromatic heterocycles. The number of carbonyl (C=O) groups is 5. The van der Waals surface area contributed by atoms with E-state index in [1.165, 1.54) is 4.90 Å². The van der Waals surface area contributed by atoms with Crippen LogP contribution in [0.2, 0.25) is 0 Å². The van der Waals surface area contributed by atoms with Crippen molar-refractivity contribution in [2.75, 3.05) is 13.2 Å². The van der Waals surface area contributed by atoms with E-state index in [-0.39, 0.29) is 49.5 Å². The zero-order valence-electron chi connectivity index (χ0n) is 30.6. The number of hydrogen-bond acceptors (Lipinski definition) is 8. The average molecular weight is 712 g/mol. The summed E-state index contributed by atoms with van der Waals surface area (Å²) >= 11 is 0. The molecule has 0 bridgehead atoms. The zero-order valence-corrected chi connectivity index (χ0v) is 30.6. The molecule has 6 atom stereocenters. The van der Waals surface area contributed by atoms with Gasteiger partial charge in [-0.25, -0.2) is 0 Å². The summed E-state index contributed by atoms with van der Waals surface area (Å²) in [6.45, 7) is 16.2. The summed E-state index contributed by atoms with van der Waals surface area (Å²) in [6, 6.07) is 10.3. The van der Waals surface area contributed by atoms with Gasteiger partial charge in [-0.3, -0.25) is 24.0 Å². The Morgan fingerprint density at radius 2 is 1.81 bits per heavy atom. The lowest BCUT2D eigenvalue weighted by atomic mass is 9.85. The summed E-state index contributed by atoms with van der Waals surface area (Å²) < 4.78 is 5.71. The number of aryl methyl sites for hydroxylation is 1. The van der Waals surface area contributed by atoms with Crippen molar-refractivity contribution in [1.82, 2.24) is 15.5 Å². The van der Waals surface area contributed by atoms with Gasteiger partial charge in [0.1, 0.15) is 17.8 Å². The van der Waals surface area contributed by atoms with Gasteiger partial charge < -0.3 is 30.8 Å². The Balaban J connectivity index is 1.26. The fourth-order valence-electron chi connectivity index (χ4n) is 7.57. The lowest BCUT2D eigenvalue weighted by Crippen LogP contribution is -2.59. The second kappa shape index (κ2) is 14.4. The molecule has 1 saturated heterocycles. The highest BCUT2D eigenvalue weighted by Crippen LogP contribution is 2.48. The van der Waals surface area contributed by atoms with Crippen LogP contribution in [0.15, 0.2) is 47.6 Å².